The van der Waals surface area contributed by atoms with Gasteiger partial charge in [0, 0.05) is 12.1 Å². The Morgan fingerprint density at radius 2 is 2.21 bits per heavy atom. The van der Waals surface area contributed by atoms with Gasteiger partial charge in [-0.2, -0.15) is 4.98 Å². The molecule has 100 valence electrons. The van der Waals surface area contributed by atoms with Gasteiger partial charge in [-0.05, 0) is 19.9 Å². The average molecular weight is 260 g/mol. The highest BCUT2D eigenvalue weighted by Crippen LogP contribution is 2.16. The minimum absolute atomic E-state index is 0.213. The monoisotopic (exact) mass is 260 g/mol. The number of aromatic nitrogens is 2. The summed E-state index contributed by atoms with van der Waals surface area (Å²) in [5.74, 6) is 0.902. The molecule has 2 aromatic rings. The number of urea groups is 1. The van der Waals surface area contributed by atoms with E-state index in [4.69, 9.17) is 4.52 Å². The molecule has 0 saturated heterocycles. The molecule has 1 aromatic heterocycles. The van der Waals surface area contributed by atoms with E-state index in [1.54, 1.807) is 0 Å². The van der Waals surface area contributed by atoms with Gasteiger partial charge in [-0.1, -0.05) is 28.9 Å². The molecule has 2 rings (SSSR count). The van der Waals surface area contributed by atoms with Crippen LogP contribution >= 0.6 is 0 Å². The molecule has 0 radical (unpaired) electrons. The Hall–Kier alpha value is -2.37. The fraction of sp³-hybridized carbons (Fsp3) is 0.308. The van der Waals surface area contributed by atoms with Gasteiger partial charge in [0.15, 0.2) is 0 Å². The first-order valence-corrected chi connectivity index (χ1v) is 6.10. The van der Waals surface area contributed by atoms with Gasteiger partial charge in [-0.15, -0.1) is 0 Å². The van der Waals surface area contributed by atoms with Crippen molar-refractivity contribution in [2.24, 2.45) is 0 Å². The average Bonchev–Trinajstić information content (AvgIpc) is 2.85. The van der Waals surface area contributed by atoms with Gasteiger partial charge >= 0.3 is 6.03 Å². The minimum Gasteiger partial charge on any atom is -0.338 e. The van der Waals surface area contributed by atoms with E-state index < -0.39 is 0 Å². The Morgan fingerprint density at radius 3 is 2.95 bits per heavy atom. The van der Waals surface area contributed by atoms with E-state index in [1.165, 1.54) is 0 Å². The van der Waals surface area contributed by atoms with Crippen LogP contribution in [0, 0.1) is 6.92 Å². The lowest BCUT2D eigenvalue weighted by atomic mass is 10.1. The highest BCUT2D eigenvalue weighted by Gasteiger charge is 2.09. The van der Waals surface area contributed by atoms with E-state index in [-0.39, 0.29) is 12.6 Å². The molecule has 0 fully saturated rings. The van der Waals surface area contributed by atoms with Crippen molar-refractivity contribution in [2.75, 3.05) is 6.54 Å². The Kier molecular flexibility index (Phi) is 4.12. The van der Waals surface area contributed by atoms with E-state index in [1.807, 2.05) is 38.1 Å². The van der Waals surface area contributed by atoms with Crippen molar-refractivity contribution in [3.8, 4) is 11.4 Å². The van der Waals surface area contributed by atoms with Crippen molar-refractivity contribution in [1.82, 2.24) is 20.8 Å². The number of nitrogens with one attached hydrogen (secondary N) is 2. The fourth-order valence-electron chi connectivity index (χ4n) is 1.61. The highest BCUT2D eigenvalue weighted by molar-refractivity contribution is 5.73. The normalized spacial score (nSPS) is 10.2. The molecule has 1 aromatic carbocycles. The number of carbonyl (C=O) groups is 1. The third-order valence-corrected chi connectivity index (χ3v) is 2.48. The second kappa shape index (κ2) is 5.99. The number of amides is 2. The zero-order valence-corrected chi connectivity index (χ0v) is 10.9. The Balaban J connectivity index is 2.01. The number of aryl methyl sites for hydroxylation is 1. The summed E-state index contributed by atoms with van der Waals surface area (Å²) in [5, 5.41) is 9.15. The number of hydrogen-bond acceptors (Lipinski definition) is 4. The van der Waals surface area contributed by atoms with Crippen molar-refractivity contribution in [3.05, 3.63) is 35.7 Å². The maximum atomic E-state index is 11.2. The number of rotatable bonds is 4. The van der Waals surface area contributed by atoms with Crippen LogP contribution in [-0.4, -0.2) is 22.7 Å². The molecule has 0 unspecified atom stereocenters. The van der Waals surface area contributed by atoms with Gasteiger partial charge in [-0.25, -0.2) is 4.79 Å². The molecule has 0 bridgehead atoms. The molecule has 0 atom stereocenters. The lowest BCUT2D eigenvalue weighted by Crippen LogP contribution is -2.34. The number of benzene rings is 1. The van der Waals surface area contributed by atoms with Crippen LogP contribution in [0.5, 0.6) is 0 Å². The van der Waals surface area contributed by atoms with Crippen LogP contribution in [0.15, 0.2) is 28.8 Å². The molecule has 0 aliphatic heterocycles. The molecule has 1 heterocycles. The second-order valence-corrected chi connectivity index (χ2v) is 4.09. The summed E-state index contributed by atoms with van der Waals surface area (Å²) in [4.78, 5) is 15.5. The molecule has 0 saturated carbocycles. The van der Waals surface area contributed by atoms with E-state index >= 15 is 0 Å². The van der Waals surface area contributed by atoms with Crippen LogP contribution in [-0.2, 0) is 6.54 Å². The minimum atomic E-state index is -0.252. The van der Waals surface area contributed by atoms with Gasteiger partial charge in [0.1, 0.15) is 0 Å². The summed E-state index contributed by atoms with van der Waals surface area (Å²) in [6.07, 6.45) is 0. The molecular weight excluding hydrogens is 244 g/mol. The highest BCUT2D eigenvalue weighted by atomic mass is 16.5. The van der Waals surface area contributed by atoms with Crippen molar-refractivity contribution in [2.45, 2.75) is 20.4 Å². The fourth-order valence-corrected chi connectivity index (χ4v) is 1.61. The zero-order valence-electron chi connectivity index (χ0n) is 10.9. The Labute approximate surface area is 111 Å². The number of nitrogens with zero attached hydrogens (tertiary/aromatic N) is 2. The van der Waals surface area contributed by atoms with Crippen molar-refractivity contribution < 1.29 is 9.32 Å². The summed E-state index contributed by atoms with van der Waals surface area (Å²) in [6, 6.07) is 7.58. The summed E-state index contributed by atoms with van der Waals surface area (Å²) < 4.78 is 5.08. The Bertz CT molecular complexity index is 565. The van der Waals surface area contributed by atoms with Crippen LogP contribution in [0.25, 0.3) is 11.4 Å². The van der Waals surface area contributed by atoms with Gasteiger partial charge < -0.3 is 15.2 Å². The quantitative estimate of drug-likeness (QED) is 0.879. The van der Waals surface area contributed by atoms with Gasteiger partial charge in [0.05, 0.1) is 6.54 Å². The van der Waals surface area contributed by atoms with Crippen LogP contribution < -0.4 is 10.6 Å². The van der Waals surface area contributed by atoms with Crippen molar-refractivity contribution in [1.29, 1.82) is 0 Å². The molecule has 6 nitrogen and oxygen atoms in total. The van der Waals surface area contributed by atoms with Gasteiger partial charge in [-0.3, -0.25) is 0 Å². The predicted octanol–water partition coefficient (Wildman–Crippen LogP) is 1.86. The van der Waals surface area contributed by atoms with E-state index in [2.05, 4.69) is 20.8 Å². The molecular formula is C13H16N4O2. The summed E-state index contributed by atoms with van der Waals surface area (Å²) in [7, 11) is 0. The third-order valence-electron chi connectivity index (χ3n) is 2.48. The third kappa shape index (κ3) is 3.54. The number of hydrogen-bond donors (Lipinski definition) is 2. The lowest BCUT2D eigenvalue weighted by Gasteiger charge is -2.01. The van der Waals surface area contributed by atoms with Crippen LogP contribution in [0.3, 0.4) is 0 Å². The summed E-state index contributed by atoms with van der Waals surface area (Å²) in [5.41, 5.74) is 2.03. The van der Waals surface area contributed by atoms with Crippen LogP contribution in [0.2, 0.25) is 0 Å². The van der Waals surface area contributed by atoms with E-state index in [0.29, 0.717) is 18.3 Å². The van der Waals surface area contributed by atoms with Crippen molar-refractivity contribution in [3.63, 3.8) is 0 Å². The first-order chi connectivity index (χ1) is 9.19. The largest absolute Gasteiger partial charge is 0.338 e. The molecule has 2 amide bonds. The summed E-state index contributed by atoms with van der Waals surface area (Å²) in [6.45, 7) is 4.64. The lowest BCUT2D eigenvalue weighted by molar-refractivity contribution is 0.239. The van der Waals surface area contributed by atoms with E-state index in [0.717, 1.165) is 11.1 Å². The number of carbonyl (C=O) groups excluding carboxylic acids is 1. The van der Waals surface area contributed by atoms with E-state index in [9.17, 15) is 4.79 Å². The summed E-state index contributed by atoms with van der Waals surface area (Å²) >= 11 is 0. The molecule has 19 heavy (non-hydrogen) atoms. The Morgan fingerprint density at radius 1 is 1.37 bits per heavy atom. The maximum absolute atomic E-state index is 11.2. The first-order valence-electron chi connectivity index (χ1n) is 6.10. The van der Waals surface area contributed by atoms with Gasteiger partial charge in [0.2, 0.25) is 11.7 Å². The molecule has 0 aliphatic rings. The second-order valence-electron chi connectivity index (χ2n) is 4.09. The standard InChI is InChI=1S/C13H16N4O2/c1-3-14-13(18)15-8-11-16-12(17-19-11)10-6-4-5-9(2)7-10/h4-7H,3,8H2,1-2H3,(H2,14,15,18). The predicted molar refractivity (Wildman–Crippen MR) is 70.4 cm³/mol. The van der Waals surface area contributed by atoms with Crippen molar-refractivity contribution >= 4 is 6.03 Å². The van der Waals surface area contributed by atoms with Gasteiger partial charge in [0.25, 0.3) is 0 Å². The zero-order chi connectivity index (χ0) is 13.7. The van der Waals surface area contributed by atoms with Crippen LogP contribution in [0.1, 0.15) is 18.4 Å². The topological polar surface area (TPSA) is 80.0 Å². The molecule has 2 N–H and O–H groups in total. The maximum Gasteiger partial charge on any atom is 0.315 e. The van der Waals surface area contributed by atoms with Crippen LogP contribution in [0.4, 0.5) is 4.79 Å². The SMILES string of the molecule is CCNC(=O)NCc1nc(-c2cccc(C)c2)no1. The molecule has 0 aliphatic carbocycles. The molecule has 6 heteroatoms. The molecule has 0 spiro atoms. The first kappa shape index (κ1) is 13.1. The smallest absolute Gasteiger partial charge is 0.315 e.